The van der Waals surface area contributed by atoms with E-state index >= 15 is 0 Å². The van der Waals surface area contributed by atoms with Crippen LogP contribution >= 0.6 is 0 Å². The number of nitrogens with one attached hydrogen (secondary N) is 1. The van der Waals surface area contributed by atoms with E-state index in [4.69, 9.17) is 5.73 Å². The number of carbonyl (C=O) groups excluding carboxylic acids is 2. The van der Waals surface area contributed by atoms with E-state index in [9.17, 15) is 9.59 Å². The van der Waals surface area contributed by atoms with Crippen molar-refractivity contribution < 1.29 is 9.59 Å². The van der Waals surface area contributed by atoms with Crippen LogP contribution in [0.1, 0.15) is 19.0 Å². The van der Waals surface area contributed by atoms with Crippen LogP contribution in [0.3, 0.4) is 0 Å². The van der Waals surface area contributed by atoms with Crippen molar-refractivity contribution in [1.29, 1.82) is 0 Å². The number of carbonyl (C=O) groups is 2. The molecule has 0 aliphatic rings. The molecular weight excluding hydrogens is 244 g/mol. The molecule has 0 atom stereocenters. The van der Waals surface area contributed by atoms with Gasteiger partial charge in [0.2, 0.25) is 11.8 Å². The summed E-state index contributed by atoms with van der Waals surface area (Å²) in [5.74, 6) is -0.283. The Balaban J connectivity index is 2.65. The van der Waals surface area contributed by atoms with E-state index < -0.39 is 0 Å². The van der Waals surface area contributed by atoms with Gasteiger partial charge in [0, 0.05) is 19.3 Å². The number of nitrogen functional groups attached to an aromatic ring is 1. The van der Waals surface area contributed by atoms with Gasteiger partial charge in [0.05, 0.1) is 24.8 Å². The molecule has 2 amide bonds. The first-order valence-corrected chi connectivity index (χ1v) is 6.25. The molecule has 104 valence electrons. The largest absolute Gasteiger partial charge is 0.397 e. The second-order valence-corrected chi connectivity index (χ2v) is 4.25. The Morgan fingerprint density at radius 3 is 2.68 bits per heavy atom. The average molecular weight is 264 g/mol. The number of likely N-dealkylation sites (N-methyl/N-ethyl adjacent to an activating group) is 1. The van der Waals surface area contributed by atoms with Crippen LogP contribution in [0.2, 0.25) is 0 Å². The van der Waals surface area contributed by atoms with E-state index in [1.54, 1.807) is 19.2 Å². The molecule has 1 aromatic rings. The summed E-state index contributed by atoms with van der Waals surface area (Å²) in [5.41, 5.74) is 6.75. The Morgan fingerprint density at radius 2 is 2.16 bits per heavy atom. The minimum Gasteiger partial charge on any atom is -0.397 e. The molecule has 0 radical (unpaired) electrons. The Morgan fingerprint density at radius 1 is 1.42 bits per heavy atom. The van der Waals surface area contributed by atoms with Crippen LogP contribution in [0.5, 0.6) is 0 Å². The van der Waals surface area contributed by atoms with Gasteiger partial charge in [0.25, 0.3) is 0 Å². The Bertz CT molecular complexity index is 431. The second-order valence-electron chi connectivity index (χ2n) is 4.25. The number of amides is 2. The predicted molar refractivity (Wildman–Crippen MR) is 73.3 cm³/mol. The summed E-state index contributed by atoms with van der Waals surface area (Å²) in [7, 11) is 1.55. The van der Waals surface area contributed by atoms with Gasteiger partial charge >= 0.3 is 0 Å². The SMILES string of the molecule is CCCN(CC(=O)NC)C(=O)Cc1ccc(N)cn1. The number of aromatic nitrogens is 1. The zero-order valence-corrected chi connectivity index (χ0v) is 11.3. The van der Waals surface area contributed by atoms with E-state index in [1.165, 1.54) is 11.1 Å². The van der Waals surface area contributed by atoms with Gasteiger partial charge in [0.1, 0.15) is 0 Å². The third-order valence-electron chi connectivity index (χ3n) is 2.64. The molecule has 1 rings (SSSR count). The van der Waals surface area contributed by atoms with Crippen LogP contribution in [0.4, 0.5) is 5.69 Å². The number of pyridine rings is 1. The summed E-state index contributed by atoms with van der Waals surface area (Å²) in [6, 6.07) is 3.43. The summed E-state index contributed by atoms with van der Waals surface area (Å²) in [6.07, 6.45) is 2.50. The lowest BCUT2D eigenvalue weighted by Crippen LogP contribution is -2.40. The van der Waals surface area contributed by atoms with Crippen molar-refractivity contribution in [3.63, 3.8) is 0 Å². The highest BCUT2D eigenvalue weighted by Crippen LogP contribution is 2.04. The van der Waals surface area contributed by atoms with E-state index in [1.807, 2.05) is 6.92 Å². The lowest BCUT2D eigenvalue weighted by molar-refractivity contribution is -0.135. The van der Waals surface area contributed by atoms with Gasteiger partial charge in [0.15, 0.2) is 0 Å². The molecule has 3 N–H and O–H groups in total. The summed E-state index contributed by atoms with van der Waals surface area (Å²) in [4.78, 5) is 29.1. The maximum atomic E-state index is 12.1. The number of hydrogen-bond acceptors (Lipinski definition) is 4. The maximum Gasteiger partial charge on any atom is 0.239 e. The third kappa shape index (κ3) is 4.95. The molecule has 0 unspecified atom stereocenters. The fourth-order valence-corrected chi connectivity index (χ4v) is 1.62. The first-order chi connectivity index (χ1) is 9.06. The van der Waals surface area contributed by atoms with Crippen molar-refractivity contribution in [2.75, 3.05) is 25.9 Å². The molecule has 0 spiro atoms. The smallest absolute Gasteiger partial charge is 0.239 e. The molecule has 0 bridgehead atoms. The topological polar surface area (TPSA) is 88.3 Å². The minimum atomic E-state index is -0.174. The molecule has 0 aliphatic carbocycles. The quantitative estimate of drug-likeness (QED) is 0.767. The number of hydrogen-bond donors (Lipinski definition) is 2. The van der Waals surface area contributed by atoms with E-state index in [0.717, 1.165) is 6.42 Å². The molecule has 0 saturated carbocycles. The van der Waals surface area contributed by atoms with Crippen molar-refractivity contribution in [3.05, 3.63) is 24.0 Å². The lowest BCUT2D eigenvalue weighted by atomic mass is 10.2. The highest BCUT2D eigenvalue weighted by molar-refractivity contribution is 5.85. The molecule has 6 nitrogen and oxygen atoms in total. The van der Waals surface area contributed by atoms with Crippen LogP contribution in [-0.4, -0.2) is 41.8 Å². The van der Waals surface area contributed by atoms with Crippen LogP contribution in [0.15, 0.2) is 18.3 Å². The monoisotopic (exact) mass is 264 g/mol. The van der Waals surface area contributed by atoms with E-state index in [-0.39, 0.29) is 24.8 Å². The van der Waals surface area contributed by atoms with Crippen molar-refractivity contribution in [2.24, 2.45) is 0 Å². The van der Waals surface area contributed by atoms with E-state index in [0.29, 0.717) is 17.9 Å². The molecule has 1 heterocycles. The normalized spacial score (nSPS) is 10.0. The molecule has 0 aromatic carbocycles. The lowest BCUT2D eigenvalue weighted by Gasteiger charge is -2.21. The summed E-state index contributed by atoms with van der Waals surface area (Å²) in [6.45, 7) is 2.60. The zero-order valence-electron chi connectivity index (χ0n) is 11.3. The van der Waals surface area contributed by atoms with Crippen LogP contribution in [-0.2, 0) is 16.0 Å². The minimum absolute atomic E-state index is 0.0815. The fraction of sp³-hybridized carbons (Fsp3) is 0.462. The van der Waals surface area contributed by atoms with Crippen LogP contribution in [0, 0.1) is 0 Å². The number of rotatable bonds is 6. The molecular formula is C13H20N4O2. The van der Waals surface area contributed by atoms with Crippen molar-refractivity contribution in [3.8, 4) is 0 Å². The molecule has 1 aromatic heterocycles. The zero-order chi connectivity index (χ0) is 14.3. The molecule has 6 heteroatoms. The fourth-order valence-electron chi connectivity index (χ4n) is 1.62. The van der Waals surface area contributed by atoms with Gasteiger partial charge in [-0.3, -0.25) is 14.6 Å². The average Bonchev–Trinajstić information content (AvgIpc) is 2.40. The molecule has 19 heavy (non-hydrogen) atoms. The first-order valence-electron chi connectivity index (χ1n) is 6.25. The standard InChI is InChI=1S/C13H20N4O2/c1-3-6-17(9-12(18)15-2)13(19)7-11-5-4-10(14)8-16-11/h4-5,8H,3,6-7,9,14H2,1-2H3,(H,15,18). The Labute approximate surface area is 113 Å². The molecule has 0 aliphatic heterocycles. The molecule has 0 fully saturated rings. The van der Waals surface area contributed by atoms with Crippen molar-refractivity contribution in [2.45, 2.75) is 19.8 Å². The van der Waals surface area contributed by atoms with E-state index in [2.05, 4.69) is 10.3 Å². The van der Waals surface area contributed by atoms with Crippen LogP contribution in [0.25, 0.3) is 0 Å². The van der Waals surface area contributed by atoms with Crippen LogP contribution < -0.4 is 11.1 Å². The van der Waals surface area contributed by atoms with Gasteiger partial charge in [-0.1, -0.05) is 6.92 Å². The van der Waals surface area contributed by atoms with Gasteiger partial charge in [-0.15, -0.1) is 0 Å². The summed E-state index contributed by atoms with van der Waals surface area (Å²) >= 11 is 0. The summed E-state index contributed by atoms with van der Waals surface area (Å²) < 4.78 is 0. The number of nitrogens with two attached hydrogens (primary N) is 1. The van der Waals surface area contributed by atoms with Crippen molar-refractivity contribution in [1.82, 2.24) is 15.2 Å². The van der Waals surface area contributed by atoms with Crippen molar-refractivity contribution >= 4 is 17.5 Å². The van der Waals surface area contributed by atoms with Gasteiger partial charge < -0.3 is 16.0 Å². The summed E-state index contributed by atoms with van der Waals surface area (Å²) in [5, 5.41) is 2.52. The number of anilines is 1. The van der Waals surface area contributed by atoms with Gasteiger partial charge in [-0.05, 0) is 18.6 Å². The predicted octanol–water partition coefficient (Wildman–Crippen LogP) is 0.191. The first kappa shape index (κ1) is 14.9. The molecule has 0 saturated heterocycles. The number of nitrogens with zero attached hydrogens (tertiary/aromatic N) is 2. The second kappa shape index (κ2) is 7.35. The van der Waals surface area contributed by atoms with Gasteiger partial charge in [-0.25, -0.2) is 0 Å². The maximum absolute atomic E-state index is 12.1. The third-order valence-corrected chi connectivity index (χ3v) is 2.64. The Kier molecular flexibility index (Phi) is 5.78. The van der Waals surface area contributed by atoms with Gasteiger partial charge in [-0.2, -0.15) is 0 Å². The highest BCUT2D eigenvalue weighted by Gasteiger charge is 2.16. The Hall–Kier alpha value is -2.11. The highest BCUT2D eigenvalue weighted by atomic mass is 16.2.